The number of carbonyl (C=O) groups excluding carboxylic acids is 1. The Morgan fingerprint density at radius 3 is 2.28 bits per heavy atom. The van der Waals surface area contributed by atoms with Gasteiger partial charge in [0.1, 0.15) is 0 Å². The first-order chi connectivity index (χ1) is 13.8. The molecule has 6 nitrogen and oxygen atoms in total. The second-order valence-electron chi connectivity index (χ2n) is 7.02. The maximum Gasteiger partial charge on any atom is 0.255 e. The van der Waals surface area contributed by atoms with E-state index in [1.54, 1.807) is 14.2 Å². The highest BCUT2D eigenvalue weighted by Gasteiger charge is 2.30. The fourth-order valence-corrected chi connectivity index (χ4v) is 3.79. The first kappa shape index (κ1) is 20.7. The molecule has 0 aromatic heterocycles. The quantitative estimate of drug-likeness (QED) is 0.651. The highest BCUT2D eigenvalue weighted by molar-refractivity contribution is 7.80. The smallest absolute Gasteiger partial charge is 0.255 e. The molecule has 3 N–H and O–H groups in total. The van der Waals surface area contributed by atoms with E-state index in [9.17, 15) is 4.79 Å². The minimum Gasteiger partial charge on any atom is -0.493 e. The highest BCUT2D eigenvalue weighted by atomic mass is 32.1. The standard InChI is InChI=1S/C22H25N3O3S/c1-12-8-13(2)10-16(9-12)24-21(26)19-14(3)23-22(29)25-20(19)15-6-7-17(27-4)18(11-15)28-5/h6-11,20H,1-5H3,(H,24,26)(H2,23,25,29)/t20-/m0/s1. The molecule has 0 saturated heterocycles. The van der Waals surface area contributed by atoms with Crippen LogP contribution in [0.5, 0.6) is 11.5 Å². The molecular weight excluding hydrogens is 386 g/mol. The summed E-state index contributed by atoms with van der Waals surface area (Å²) < 4.78 is 10.7. The van der Waals surface area contributed by atoms with Crippen molar-refractivity contribution >= 4 is 28.9 Å². The highest BCUT2D eigenvalue weighted by Crippen LogP contribution is 2.34. The zero-order valence-corrected chi connectivity index (χ0v) is 18.0. The molecule has 7 heteroatoms. The van der Waals surface area contributed by atoms with E-state index >= 15 is 0 Å². The number of anilines is 1. The van der Waals surface area contributed by atoms with Crippen molar-refractivity contribution in [3.05, 3.63) is 64.4 Å². The van der Waals surface area contributed by atoms with Gasteiger partial charge in [0, 0.05) is 11.4 Å². The molecule has 0 fully saturated rings. The van der Waals surface area contributed by atoms with E-state index in [4.69, 9.17) is 21.7 Å². The molecule has 0 bridgehead atoms. The van der Waals surface area contributed by atoms with E-state index in [1.807, 2.05) is 51.1 Å². The molecule has 0 unspecified atom stereocenters. The van der Waals surface area contributed by atoms with Gasteiger partial charge < -0.3 is 25.4 Å². The van der Waals surface area contributed by atoms with E-state index in [-0.39, 0.29) is 5.91 Å². The minimum atomic E-state index is -0.422. The average Bonchev–Trinajstić information content (AvgIpc) is 2.65. The van der Waals surface area contributed by atoms with Gasteiger partial charge >= 0.3 is 0 Å². The number of benzene rings is 2. The van der Waals surface area contributed by atoms with Crippen molar-refractivity contribution in [2.75, 3.05) is 19.5 Å². The van der Waals surface area contributed by atoms with Crippen LogP contribution in [0.2, 0.25) is 0 Å². The molecule has 0 spiro atoms. The van der Waals surface area contributed by atoms with Gasteiger partial charge in [-0.05, 0) is 73.9 Å². The number of amides is 1. The van der Waals surface area contributed by atoms with Crippen molar-refractivity contribution in [3.8, 4) is 11.5 Å². The third-order valence-electron chi connectivity index (χ3n) is 4.73. The second kappa shape index (κ2) is 8.53. The summed E-state index contributed by atoms with van der Waals surface area (Å²) in [5.41, 5.74) is 5.04. The summed E-state index contributed by atoms with van der Waals surface area (Å²) in [4.78, 5) is 13.2. The molecule has 1 amide bonds. The number of aryl methyl sites for hydroxylation is 2. The van der Waals surface area contributed by atoms with E-state index in [2.05, 4.69) is 22.0 Å². The molecule has 1 aliphatic heterocycles. The molecule has 2 aromatic rings. The van der Waals surface area contributed by atoms with Crippen LogP contribution in [0, 0.1) is 13.8 Å². The van der Waals surface area contributed by atoms with Crippen LogP contribution in [0.3, 0.4) is 0 Å². The van der Waals surface area contributed by atoms with Crippen molar-refractivity contribution in [1.29, 1.82) is 0 Å². The molecule has 0 saturated carbocycles. The van der Waals surface area contributed by atoms with Crippen LogP contribution >= 0.6 is 12.2 Å². The van der Waals surface area contributed by atoms with Gasteiger partial charge in [-0.25, -0.2) is 0 Å². The van der Waals surface area contributed by atoms with Gasteiger partial charge in [-0.2, -0.15) is 0 Å². The van der Waals surface area contributed by atoms with Crippen molar-refractivity contribution in [1.82, 2.24) is 10.6 Å². The largest absolute Gasteiger partial charge is 0.493 e. The summed E-state index contributed by atoms with van der Waals surface area (Å²) >= 11 is 5.33. The summed E-state index contributed by atoms with van der Waals surface area (Å²) in [6.07, 6.45) is 0. The third-order valence-corrected chi connectivity index (χ3v) is 4.95. The number of hydrogen-bond donors (Lipinski definition) is 3. The summed E-state index contributed by atoms with van der Waals surface area (Å²) in [5.74, 6) is 1.01. The molecule has 3 rings (SSSR count). The van der Waals surface area contributed by atoms with Crippen molar-refractivity contribution in [2.24, 2.45) is 0 Å². The van der Waals surface area contributed by atoms with Crippen molar-refractivity contribution in [3.63, 3.8) is 0 Å². The number of carbonyl (C=O) groups is 1. The predicted octanol–water partition coefficient (Wildman–Crippen LogP) is 3.75. The van der Waals surface area contributed by atoms with Crippen LogP contribution in [-0.4, -0.2) is 25.2 Å². The summed E-state index contributed by atoms with van der Waals surface area (Å²) in [6, 6.07) is 11.1. The third kappa shape index (κ3) is 4.51. The Morgan fingerprint density at radius 1 is 1.00 bits per heavy atom. The van der Waals surface area contributed by atoms with E-state index in [0.717, 1.165) is 22.4 Å². The number of rotatable bonds is 5. The number of allylic oxidation sites excluding steroid dienone is 1. The summed E-state index contributed by atoms with van der Waals surface area (Å²) in [7, 11) is 3.17. The SMILES string of the molecule is COc1ccc([C@@H]2NC(=S)NC(C)=C2C(=O)Nc2cc(C)cc(C)c2)cc1OC. The van der Waals surface area contributed by atoms with Gasteiger partial charge in [0.15, 0.2) is 16.6 Å². The summed E-state index contributed by atoms with van der Waals surface area (Å²) in [6.45, 7) is 5.85. The molecule has 1 atom stereocenters. The van der Waals surface area contributed by atoms with Gasteiger partial charge in [0.2, 0.25) is 0 Å². The topological polar surface area (TPSA) is 71.6 Å². The van der Waals surface area contributed by atoms with Crippen molar-refractivity contribution in [2.45, 2.75) is 26.8 Å². The maximum absolute atomic E-state index is 13.2. The van der Waals surface area contributed by atoms with Crippen LogP contribution in [0.25, 0.3) is 0 Å². The van der Waals surface area contributed by atoms with Crippen LogP contribution in [0.15, 0.2) is 47.7 Å². The first-order valence-corrected chi connectivity index (χ1v) is 9.63. The Kier molecular flexibility index (Phi) is 6.08. The van der Waals surface area contributed by atoms with Gasteiger partial charge in [-0.3, -0.25) is 4.79 Å². The number of ether oxygens (including phenoxy) is 2. The number of methoxy groups -OCH3 is 2. The minimum absolute atomic E-state index is 0.199. The van der Waals surface area contributed by atoms with Crippen LogP contribution in [0.1, 0.15) is 29.7 Å². The van der Waals surface area contributed by atoms with E-state index in [1.165, 1.54) is 0 Å². The van der Waals surface area contributed by atoms with Crippen molar-refractivity contribution < 1.29 is 14.3 Å². The fourth-order valence-electron chi connectivity index (χ4n) is 3.52. The van der Waals surface area contributed by atoms with E-state index < -0.39 is 6.04 Å². The van der Waals surface area contributed by atoms with Gasteiger partial charge in [0.25, 0.3) is 5.91 Å². The fraction of sp³-hybridized carbons (Fsp3) is 0.273. The maximum atomic E-state index is 13.2. The van der Waals surface area contributed by atoms with Gasteiger partial charge in [-0.1, -0.05) is 12.1 Å². The summed E-state index contributed by atoms with van der Waals surface area (Å²) in [5, 5.41) is 9.73. The average molecular weight is 412 g/mol. The zero-order valence-electron chi connectivity index (χ0n) is 17.2. The van der Waals surface area contributed by atoms with Gasteiger partial charge in [0.05, 0.1) is 25.8 Å². The number of thiocarbonyl (C=S) groups is 1. The molecule has 0 aliphatic carbocycles. The van der Waals surface area contributed by atoms with Crippen LogP contribution in [0.4, 0.5) is 5.69 Å². The first-order valence-electron chi connectivity index (χ1n) is 9.22. The lowest BCUT2D eigenvalue weighted by atomic mass is 9.94. The number of hydrogen-bond acceptors (Lipinski definition) is 4. The molecule has 152 valence electrons. The molecular formula is C22H25N3O3S. The molecule has 0 radical (unpaired) electrons. The monoisotopic (exact) mass is 411 g/mol. The van der Waals surface area contributed by atoms with E-state index in [0.29, 0.717) is 27.9 Å². The lowest BCUT2D eigenvalue weighted by molar-refractivity contribution is -0.113. The Hall–Kier alpha value is -3.06. The Labute approximate surface area is 176 Å². The zero-order chi connectivity index (χ0) is 21.1. The molecule has 1 aliphatic rings. The Morgan fingerprint density at radius 2 is 1.66 bits per heavy atom. The number of nitrogens with one attached hydrogen (secondary N) is 3. The lowest BCUT2D eigenvalue weighted by Crippen LogP contribution is -2.45. The van der Waals surface area contributed by atoms with Crippen LogP contribution in [-0.2, 0) is 4.79 Å². The Balaban J connectivity index is 1.98. The second-order valence-corrected chi connectivity index (χ2v) is 7.42. The normalized spacial score (nSPS) is 16.0. The van der Waals surface area contributed by atoms with Crippen LogP contribution < -0.4 is 25.4 Å². The lowest BCUT2D eigenvalue weighted by Gasteiger charge is -2.30. The molecule has 2 aromatic carbocycles. The molecule has 1 heterocycles. The predicted molar refractivity (Wildman–Crippen MR) is 118 cm³/mol. The molecule has 29 heavy (non-hydrogen) atoms. The Bertz CT molecular complexity index is 981. The van der Waals surface area contributed by atoms with Gasteiger partial charge in [-0.15, -0.1) is 0 Å².